The molecule has 13 nitrogen and oxygen atoms in total. The van der Waals surface area contributed by atoms with E-state index >= 15 is 0 Å². The first-order valence-electron chi connectivity index (χ1n) is 14.9. The number of allylic oxidation sites excluding steroid dienone is 1. The van der Waals surface area contributed by atoms with E-state index in [0.29, 0.717) is 0 Å². The maximum atomic E-state index is 13.3. The van der Waals surface area contributed by atoms with Crippen LogP contribution in [0.4, 0.5) is 5.69 Å². The lowest BCUT2D eigenvalue weighted by Crippen LogP contribution is -2.54. The number of nitrogens with one attached hydrogen (secondary N) is 3. The molecule has 3 atom stereocenters. The summed E-state index contributed by atoms with van der Waals surface area (Å²) in [6, 6.07) is 1.97. The number of rotatable bonds is 11. The molecule has 2 aromatic rings. The topological polar surface area (TPSA) is 166 Å². The van der Waals surface area contributed by atoms with Crippen LogP contribution in [0.3, 0.4) is 0 Å². The molecule has 0 aromatic carbocycles. The Morgan fingerprint density at radius 2 is 1.80 bits per heavy atom. The van der Waals surface area contributed by atoms with Gasteiger partial charge in [0.15, 0.2) is 0 Å². The minimum atomic E-state index is -1.06. The van der Waals surface area contributed by atoms with Gasteiger partial charge >= 0.3 is 5.97 Å². The van der Waals surface area contributed by atoms with E-state index in [-0.39, 0.29) is 58.5 Å². The number of hydrogen-bond acceptors (Lipinski definition) is 8. The van der Waals surface area contributed by atoms with Crippen LogP contribution in [-0.4, -0.2) is 61.9 Å². The molecule has 3 amide bonds. The molecule has 6 rings (SSSR count). The second-order valence-corrected chi connectivity index (χ2v) is 13.8. The number of hydrogen-bond donors (Lipinski definition) is 3. The number of carbonyl (C=O) groups excluding carboxylic acids is 4. The van der Waals surface area contributed by atoms with Crippen LogP contribution in [0.2, 0.25) is 0 Å². The highest BCUT2D eigenvalue weighted by atomic mass is 16.5. The van der Waals surface area contributed by atoms with Gasteiger partial charge in [0.25, 0.3) is 11.5 Å². The SMILES string of the molecule is COC(=O)/C=C/CC[C@H](NC(=O)c1cnnn1C)C(=O)Nc1cccn(CC(=O)NC23CC4(C)CC(C)(C2)C(C)(C4)C3)c1=O. The van der Waals surface area contributed by atoms with Crippen LogP contribution in [0.15, 0.2) is 41.5 Å². The third kappa shape index (κ3) is 5.91. The van der Waals surface area contributed by atoms with Crippen molar-refractivity contribution in [1.29, 1.82) is 0 Å². The molecule has 0 saturated heterocycles. The zero-order chi connectivity index (χ0) is 31.9. The molecular weight excluding hydrogens is 566 g/mol. The molecule has 4 saturated carbocycles. The molecule has 4 bridgehead atoms. The van der Waals surface area contributed by atoms with E-state index in [1.807, 2.05) is 0 Å². The van der Waals surface area contributed by atoms with Gasteiger partial charge < -0.3 is 25.3 Å². The molecule has 4 aliphatic rings. The smallest absolute Gasteiger partial charge is 0.330 e. The van der Waals surface area contributed by atoms with Crippen LogP contribution >= 0.6 is 0 Å². The van der Waals surface area contributed by atoms with E-state index in [1.165, 1.54) is 59.8 Å². The van der Waals surface area contributed by atoms with E-state index in [9.17, 15) is 24.0 Å². The van der Waals surface area contributed by atoms with E-state index in [0.717, 1.165) is 19.3 Å². The third-order valence-corrected chi connectivity index (χ3v) is 9.96. The quantitative estimate of drug-likeness (QED) is 0.258. The van der Waals surface area contributed by atoms with Gasteiger partial charge in [-0.05, 0) is 73.3 Å². The van der Waals surface area contributed by atoms with Gasteiger partial charge in [-0.2, -0.15) is 0 Å². The monoisotopic (exact) mass is 607 g/mol. The van der Waals surface area contributed by atoms with Crippen molar-refractivity contribution in [2.45, 2.75) is 83.8 Å². The third-order valence-electron chi connectivity index (χ3n) is 9.96. The standard InChI is InChI=1S/C31H41N7O6/c1-28-15-29(2)18-31(17-28,19-30(29,3)16-28)35-23(39)14-38-12-8-10-21(27(38)43)34-25(41)20(9-6-7-11-24(40)44-5)33-26(42)22-13-32-36-37(22)4/h7-8,10-13,20H,6,9,14-19H2,1-5H3,(H,33,42)(H,34,41)(H,35,39)/b11-7+/t20-,28?,29?,30?,31?/m0/s1. The average molecular weight is 608 g/mol. The number of methoxy groups -OCH3 is 1. The molecule has 4 aliphatic carbocycles. The van der Waals surface area contributed by atoms with Crippen LogP contribution in [0, 0.1) is 16.2 Å². The van der Waals surface area contributed by atoms with Gasteiger partial charge in [-0.3, -0.25) is 19.2 Å². The number of pyridine rings is 1. The van der Waals surface area contributed by atoms with E-state index in [4.69, 9.17) is 0 Å². The Kier molecular flexibility index (Phi) is 8.02. The van der Waals surface area contributed by atoms with Gasteiger partial charge in [0.2, 0.25) is 11.8 Å². The maximum Gasteiger partial charge on any atom is 0.330 e. The lowest BCUT2D eigenvalue weighted by molar-refractivity contribution is -0.134. The van der Waals surface area contributed by atoms with Crippen LogP contribution in [0.5, 0.6) is 0 Å². The minimum Gasteiger partial charge on any atom is -0.466 e. The van der Waals surface area contributed by atoms with Crippen LogP contribution in [0.1, 0.15) is 76.2 Å². The Hall–Kier alpha value is -4.29. The molecule has 2 heterocycles. The first kappa shape index (κ1) is 31.1. The molecule has 0 aliphatic heterocycles. The van der Waals surface area contributed by atoms with Gasteiger partial charge in [-0.25, -0.2) is 9.48 Å². The highest BCUT2D eigenvalue weighted by molar-refractivity contribution is 6.00. The second-order valence-electron chi connectivity index (χ2n) is 13.8. The molecule has 236 valence electrons. The molecule has 2 aromatic heterocycles. The van der Waals surface area contributed by atoms with Gasteiger partial charge in [-0.15, -0.1) is 5.10 Å². The summed E-state index contributed by atoms with van der Waals surface area (Å²) in [5.41, 5.74) is -0.0860. The fraction of sp³-hybridized carbons (Fsp3) is 0.581. The molecule has 4 fully saturated rings. The predicted octanol–water partition coefficient (Wildman–Crippen LogP) is 2.09. The summed E-state index contributed by atoms with van der Waals surface area (Å²) in [7, 11) is 2.80. The summed E-state index contributed by atoms with van der Waals surface area (Å²) in [6.45, 7) is 6.84. The van der Waals surface area contributed by atoms with E-state index < -0.39 is 29.4 Å². The fourth-order valence-electron chi connectivity index (χ4n) is 8.65. The van der Waals surface area contributed by atoms with Crippen LogP contribution < -0.4 is 21.5 Å². The van der Waals surface area contributed by atoms with Crippen molar-refractivity contribution in [2.24, 2.45) is 23.3 Å². The summed E-state index contributed by atoms with van der Waals surface area (Å²) in [6.07, 6.45) is 11.1. The van der Waals surface area contributed by atoms with E-state index in [1.54, 1.807) is 13.1 Å². The average Bonchev–Trinajstić information content (AvgIpc) is 3.47. The Bertz CT molecular complexity index is 1560. The molecular formula is C31H41N7O6. The van der Waals surface area contributed by atoms with Crippen molar-refractivity contribution in [2.75, 3.05) is 12.4 Å². The summed E-state index contributed by atoms with van der Waals surface area (Å²) in [5, 5.41) is 16.0. The fourth-order valence-corrected chi connectivity index (χ4v) is 8.65. The number of aryl methyl sites for hydroxylation is 1. The number of anilines is 1. The molecule has 0 radical (unpaired) electrons. The normalized spacial score (nSPS) is 29.0. The van der Waals surface area contributed by atoms with Crippen LogP contribution in [0.25, 0.3) is 0 Å². The lowest BCUT2D eigenvalue weighted by Gasteiger charge is -2.46. The Labute approximate surface area is 255 Å². The van der Waals surface area contributed by atoms with Crippen molar-refractivity contribution < 1.29 is 23.9 Å². The summed E-state index contributed by atoms with van der Waals surface area (Å²) in [5.74, 6) is -2.00. The van der Waals surface area contributed by atoms with E-state index in [2.05, 4.69) is 51.8 Å². The predicted molar refractivity (Wildman–Crippen MR) is 160 cm³/mol. The van der Waals surface area contributed by atoms with Crippen molar-refractivity contribution in [3.8, 4) is 0 Å². The molecule has 2 unspecified atom stereocenters. The molecule has 44 heavy (non-hydrogen) atoms. The first-order valence-corrected chi connectivity index (χ1v) is 14.9. The van der Waals surface area contributed by atoms with Gasteiger partial charge in [0, 0.05) is 24.9 Å². The zero-order valence-electron chi connectivity index (χ0n) is 25.9. The van der Waals surface area contributed by atoms with Gasteiger partial charge in [-0.1, -0.05) is 32.1 Å². The van der Waals surface area contributed by atoms with Gasteiger partial charge in [0.1, 0.15) is 24.0 Å². The first-order chi connectivity index (χ1) is 20.7. The van der Waals surface area contributed by atoms with Crippen molar-refractivity contribution in [1.82, 2.24) is 30.2 Å². The zero-order valence-corrected chi connectivity index (χ0v) is 25.9. The Morgan fingerprint density at radius 1 is 1.09 bits per heavy atom. The summed E-state index contributed by atoms with van der Waals surface area (Å²) in [4.78, 5) is 64.2. The number of ether oxygens (including phenoxy) is 1. The number of aromatic nitrogens is 4. The number of esters is 1. The molecule has 13 heteroatoms. The molecule has 0 spiro atoms. The summed E-state index contributed by atoms with van der Waals surface area (Å²) < 4.78 is 7.12. The molecule has 3 N–H and O–H groups in total. The largest absolute Gasteiger partial charge is 0.466 e. The number of nitrogens with zero attached hydrogens (tertiary/aromatic N) is 4. The lowest BCUT2D eigenvalue weighted by atomic mass is 9.64. The second kappa shape index (κ2) is 11.3. The van der Waals surface area contributed by atoms with Gasteiger partial charge in [0.05, 0.1) is 13.3 Å². The number of carbonyl (C=O) groups is 4. The number of amides is 3. The minimum absolute atomic E-state index is 0.0256. The maximum absolute atomic E-state index is 13.3. The Balaban J connectivity index is 1.26. The highest BCUT2D eigenvalue weighted by Crippen LogP contribution is 2.77. The highest BCUT2D eigenvalue weighted by Gasteiger charge is 2.71. The summed E-state index contributed by atoms with van der Waals surface area (Å²) >= 11 is 0. The Morgan fingerprint density at radius 3 is 2.41 bits per heavy atom. The van der Waals surface area contributed by atoms with Crippen LogP contribution in [-0.2, 0) is 32.7 Å². The van der Waals surface area contributed by atoms with Crippen molar-refractivity contribution in [3.63, 3.8) is 0 Å². The van der Waals surface area contributed by atoms with Crippen molar-refractivity contribution >= 4 is 29.4 Å². The van der Waals surface area contributed by atoms with Crippen molar-refractivity contribution in [3.05, 3.63) is 52.7 Å².